The van der Waals surface area contributed by atoms with Gasteiger partial charge in [0.1, 0.15) is 24.7 Å². The maximum absolute atomic E-state index is 13.5. The summed E-state index contributed by atoms with van der Waals surface area (Å²) < 4.78 is 19.2. The van der Waals surface area contributed by atoms with Crippen LogP contribution in [0, 0.1) is 5.82 Å². The van der Waals surface area contributed by atoms with E-state index < -0.39 is 5.54 Å². The van der Waals surface area contributed by atoms with Gasteiger partial charge >= 0.3 is 6.03 Å². The van der Waals surface area contributed by atoms with E-state index in [4.69, 9.17) is 4.74 Å². The quantitative estimate of drug-likeness (QED) is 0.613. The van der Waals surface area contributed by atoms with E-state index in [1.54, 1.807) is 28.4 Å². The van der Waals surface area contributed by atoms with Crippen molar-refractivity contribution in [1.29, 1.82) is 0 Å². The lowest BCUT2D eigenvalue weighted by atomic mass is 10.00. The lowest BCUT2D eigenvalue weighted by Gasteiger charge is -2.38. The third kappa shape index (κ3) is 6.47. The summed E-state index contributed by atoms with van der Waals surface area (Å²) in [4.78, 5) is 31.1. The van der Waals surface area contributed by atoms with Crippen LogP contribution in [-0.2, 0) is 11.2 Å². The van der Waals surface area contributed by atoms with Crippen molar-refractivity contribution in [3.05, 3.63) is 52.0 Å². The molecule has 33 heavy (non-hydrogen) atoms. The Morgan fingerprint density at radius 3 is 2.61 bits per heavy atom. The fourth-order valence-electron chi connectivity index (χ4n) is 3.86. The molecule has 2 heterocycles. The first-order chi connectivity index (χ1) is 15.6. The molecule has 1 N–H and O–H groups in total. The number of ether oxygens (including phenoxy) is 1. The van der Waals surface area contributed by atoms with E-state index in [2.05, 4.69) is 5.32 Å². The molecule has 8 heteroatoms. The third-order valence-corrected chi connectivity index (χ3v) is 6.80. The monoisotopic (exact) mass is 475 g/mol. The van der Waals surface area contributed by atoms with Crippen LogP contribution in [-0.4, -0.2) is 53.0 Å². The van der Waals surface area contributed by atoms with Crippen molar-refractivity contribution in [2.75, 3.05) is 19.7 Å². The van der Waals surface area contributed by atoms with Crippen molar-refractivity contribution in [3.63, 3.8) is 0 Å². The molecule has 0 saturated carbocycles. The average molecular weight is 476 g/mol. The summed E-state index contributed by atoms with van der Waals surface area (Å²) in [5.74, 6) is 0.122. The number of urea groups is 1. The van der Waals surface area contributed by atoms with Gasteiger partial charge in [-0.15, -0.1) is 11.3 Å². The molecular formula is C25H34FN3O3S. The van der Waals surface area contributed by atoms with E-state index >= 15 is 0 Å². The lowest BCUT2D eigenvalue weighted by Crippen LogP contribution is -2.55. The molecule has 3 amide bonds. The number of halogens is 1. The number of fused-ring (bicyclic) bond motifs is 1. The van der Waals surface area contributed by atoms with Crippen molar-refractivity contribution < 1.29 is 18.7 Å². The Morgan fingerprint density at radius 2 is 1.97 bits per heavy atom. The normalized spacial score (nSPS) is 16.7. The third-order valence-electron chi connectivity index (χ3n) is 5.81. The molecule has 0 bridgehead atoms. The fraction of sp³-hybridized carbons (Fsp3) is 0.520. The number of benzene rings is 1. The van der Waals surface area contributed by atoms with Crippen LogP contribution in [0.2, 0.25) is 0 Å². The topological polar surface area (TPSA) is 61.9 Å². The van der Waals surface area contributed by atoms with Crippen LogP contribution in [0.3, 0.4) is 0 Å². The second kappa shape index (κ2) is 10.5. The SMILES string of the molecule is CC[C@@H](C)N(CC(=O)N1CCc2sccc2[C@@H]1COc1ccc(F)cc1)C(=O)NC(C)(C)C. The van der Waals surface area contributed by atoms with Crippen LogP contribution in [0.1, 0.15) is 57.5 Å². The summed E-state index contributed by atoms with van der Waals surface area (Å²) in [5.41, 5.74) is 0.685. The van der Waals surface area contributed by atoms with Gasteiger partial charge in [0.15, 0.2) is 0 Å². The van der Waals surface area contributed by atoms with E-state index in [0.717, 1.165) is 18.4 Å². The van der Waals surface area contributed by atoms with Crippen molar-refractivity contribution >= 4 is 23.3 Å². The minimum Gasteiger partial charge on any atom is -0.491 e. The van der Waals surface area contributed by atoms with Gasteiger partial charge in [0.05, 0.1) is 6.04 Å². The zero-order valence-electron chi connectivity index (χ0n) is 20.1. The van der Waals surface area contributed by atoms with Crippen LogP contribution in [0.15, 0.2) is 35.7 Å². The van der Waals surface area contributed by atoms with Gasteiger partial charge in [0, 0.05) is 23.0 Å². The maximum atomic E-state index is 13.5. The molecule has 3 rings (SSSR count). The van der Waals surface area contributed by atoms with E-state index in [-0.39, 0.29) is 43.0 Å². The molecule has 0 aliphatic carbocycles. The number of nitrogens with zero attached hydrogens (tertiary/aromatic N) is 2. The van der Waals surface area contributed by atoms with E-state index in [1.807, 2.05) is 51.0 Å². The molecule has 1 aliphatic heterocycles. The Balaban J connectivity index is 1.78. The van der Waals surface area contributed by atoms with E-state index in [9.17, 15) is 14.0 Å². The van der Waals surface area contributed by atoms with Crippen LogP contribution in [0.5, 0.6) is 5.75 Å². The highest BCUT2D eigenvalue weighted by atomic mass is 32.1. The number of thiophene rings is 1. The highest BCUT2D eigenvalue weighted by Crippen LogP contribution is 2.34. The van der Waals surface area contributed by atoms with Crippen LogP contribution in [0.25, 0.3) is 0 Å². The number of carbonyl (C=O) groups excluding carboxylic acids is 2. The lowest BCUT2D eigenvalue weighted by molar-refractivity contribution is -0.136. The first kappa shape index (κ1) is 25.0. The van der Waals surface area contributed by atoms with Gasteiger partial charge in [-0.05, 0) is 81.8 Å². The van der Waals surface area contributed by atoms with Gasteiger partial charge in [-0.1, -0.05) is 6.92 Å². The van der Waals surface area contributed by atoms with Gasteiger partial charge in [0.2, 0.25) is 5.91 Å². The van der Waals surface area contributed by atoms with Gasteiger partial charge in [-0.3, -0.25) is 4.79 Å². The summed E-state index contributed by atoms with van der Waals surface area (Å²) >= 11 is 1.68. The van der Waals surface area contributed by atoms with Crippen LogP contribution >= 0.6 is 11.3 Å². The highest BCUT2D eigenvalue weighted by Gasteiger charge is 2.34. The van der Waals surface area contributed by atoms with Gasteiger partial charge < -0.3 is 19.9 Å². The Labute approximate surface area is 199 Å². The zero-order chi connectivity index (χ0) is 24.2. The molecule has 0 unspecified atom stereocenters. The molecule has 180 valence electrons. The number of nitrogens with one attached hydrogen (secondary N) is 1. The minimum atomic E-state index is -0.395. The van der Waals surface area contributed by atoms with Gasteiger partial charge in [-0.25, -0.2) is 9.18 Å². The Kier molecular flexibility index (Phi) is 8.00. The number of carbonyl (C=O) groups is 2. The van der Waals surface area contributed by atoms with Crippen LogP contribution in [0.4, 0.5) is 9.18 Å². The second-order valence-corrected chi connectivity index (χ2v) is 10.5. The molecule has 1 aliphatic rings. The summed E-state index contributed by atoms with van der Waals surface area (Å²) in [6, 6.07) is 7.34. The Hall–Kier alpha value is -2.61. The first-order valence-electron chi connectivity index (χ1n) is 11.4. The molecule has 0 spiro atoms. The van der Waals surface area contributed by atoms with Crippen molar-refractivity contribution in [3.8, 4) is 5.75 Å². The molecular weight excluding hydrogens is 441 g/mol. The van der Waals surface area contributed by atoms with Crippen molar-refractivity contribution in [1.82, 2.24) is 15.1 Å². The Bertz CT molecular complexity index is 955. The minimum absolute atomic E-state index is 0.00341. The molecule has 0 fully saturated rings. The zero-order valence-corrected chi connectivity index (χ0v) is 20.9. The predicted octanol–water partition coefficient (Wildman–Crippen LogP) is 5.00. The molecule has 2 aromatic rings. The predicted molar refractivity (Wildman–Crippen MR) is 129 cm³/mol. The molecule has 2 atom stereocenters. The Morgan fingerprint density at radius 1 is 1.27 bits per heavy atom. The fourth-order valence-corrected chi connectivity index (χ4v) is 4.79. The summed E-state index contributed by atoms with van der Waals surface area (Å²) in [6.45, 7) is 10.6. The molecule has 1 aromatic carbocycles. The number of rotatable bonds is 7. The number of hydrogen-bond acceptors (Lipinski definition) is 4. The van der Waals surface area contributed by atoms with Crippen molar-refractivity contribution in [2.24, 2.45) is 0 Å². The first-order valence-corrected chi connectivity index (χ1v) is 12.3. The largest absolute Gasteiger partial charge is 0.491 e. The van der Waals surface area contributed by atoms with E-state index in [0.29, 0.717) is 12.3 Å². The molecule has 1 aromatic heterocycles. The van der Waals surface area contributed by atoms with Gasteiger partial charge in [-0.2, -0.15) is 0 Å². The number of hydrogen-bond donors (Lipinski definition) is 1. The molecule has 0 saturated heterocycles. The second-order valence-electron chi connectivity index (χ2n) is 9.48. The average Bonchev–Trinajstić information content (AvgIpc) is 3.24. The molecule has 0 radical (unpaired) electrons. The molecule has 6 nitrogen and oxygen atoms in total. The van der Waals surface area contributed by atoms with E-state index in [1.165, 1.54) is 17.0 Å². The highest BCUT2D eigenvalue weighted by molar-refractivity contribution is 7.10. The standard InChI is InChI=1S/C25H34FN3O3S/c1-6-17(2)29(24(31)27-25(3,4)5)15-23(30)28-13-11-22-20(12-14-33-22)21(28)16-32-19-9-7-18(26)8-10-19/h7-10,12,14,17,21H,6,11,13,15-16H2,1-5H3,(H,27,31)/t17-,21+/m1/s1. The summed E-state index contributed by atoms with van der Waals surface area (Å²) in [7, 11) is 0. The smallest absolute Gasteiger partial charge is 0.318 e. The summed E-state index contributed by atoms with van der Waals surface area (Å²) in [6.07, 6.45) is 1.53. The summed E-state index contributed by atoms with van der Waals surface area (Å²) in [5, 5.41) is 5.01. The van der Waals surface area contributed by atoms with Crippen LogP contribution < -0.4 is 10.1 Å². The van der Waals surface area contributed by atoms with Gasteiger partial charge in [0.25, 0.3) is 0 Å². The maximum Gasteiger partial charge on any atom is 0.318 e. The van der Waals surface area contributed by atoms with Crippen molar-refractivity contribution in [2.45, 2.75) is 65.1 Å². The number of amides is 3.